The van der Waals surface area contributed by atoms with E-state index >= 15 is 0 Å². The summed E-state index contributed by atoms with van der Waals surface area (Å²) < 4.78 is 11.0. The molecule has 0 bridgehead atoms. The summed E-state index contributed by atoms with van der Waals surface area (Å²) in [6.45, 7) is 5.49. The third-order valence-corrected chi connectivity index (χ3v) is 6.52. The van der Waals surface area contributed by atoms with Gasteiger partial charge in [-0.3, -0.25) is 4.79 Å². The monoisotopic (exact) mass is 473 g/mol. The van der Waals surface area contributed by atoms with Crippen LogP contribution in [0.3, 0.4) is 0 Å². The number of nitrogens with two attached hydrogens (primary N) is 1. The number of anilines is 1. The van der Waals surface area contributed by atoms with Gasteiger partial charge in [-0.05, 0) is 69.3 Å². The maximum Gasteiger partial charge on any atom is 0.255 e. The number of halogens is 1. The molecule has 0 atom stereocenters. The molecule has 6 nitrogen and oxygen atoms in total. The average molecular weight is 474 g/mol. The van der Waals surface area contributed by atoms with Gasteiger partial charge in [-0.25, -0.2) is 0 Å². The summed E-state index contributed by atoms with van der Waals surface area (Å²) in [5.41, 5.74) is 7.85. The molecule has 1 aliphatic rings. The zero-order valence-corrected chi connectivity index (χ0v) is 20.3. The normalized spacial score (nSPS) is 14.8. The van der Waals surface area contributed by atoms with Crippen molar-refractivity contribution in [1.29, 1.82) is 0 Å². The molecule has 1 amide bonds. The number of nitrogen functional groups attached to an aromatic ring is 1. The molecule has 0 unspecified atom stereocenters. The Morgan fingerprint density at radius 1 is 1.15 bits per heavy atom. The topological polar surface area (TPSA) is 76.8 Å². The minimum Gasteiger partial charge on any atom is -0.496 e. The van der Waals surface area contributed by atoms with Crippen LogP contribution in [-0.4, -0.2) is 50.7 Å². The molecule has 0 aromatic heterocycles. The van der Waals surface area contributed by atoms with E-state index in [1.807, 2.05) is 18.2 Å². The number of piperidine rings is 1. The zero-order chi connectivity index (χ0) is 23.5. The van der Waals surface area contributed by atoms with Gasteiger partial charge >= 0.3 is 0 Å². The van der Waals surface area contributed by atoms with E-state index < -0.39 is 0 Å². The van der Waals surface area contributed by atoms with Crippen molar-refractivity contribution in [3.05, 3.63) is 58.6 Å². The molecule has 3 rings (SSSR count). The molecule has 0 saturated carbocycles. The summed E-state index contributed by atoms with van der Waals surface area (Å²) in [6, 6.07) is 13.5. The molecule has 0 aliphatic carbocycles. The maximum atomic E-state index is 12.6. The predicted molar refractivity (Wildman–Crippen MR) is 134 cm³/mol. The Kier molecular flexibility index (Phi) is 10.3. The van der Waals surface area contributed by atoms with Crippen molar-refractivity contribution in [2.45, 2.75) is 38.7 Å². The summed E-state index contributed by atoms with van der Waals surface area (Å²) >= 11 is 6.08. The second-order valence-electron chi connectivity index (χ2n) is 8.67. The van der Waals surface area contributed by atoms with E-state index in [1.165, 1.54) is 25.5 Å². The smallest absolute Gasteiger partial charge is 0.255 e. The lowest BCUT2D eigenvalue weighted by Crippen LogP contribution is -2.39. The van der Waals surface area contributed by atoms with Gasteiger partial charge < -0.3 is 25.4 Å². The number of ether oxygens (including phenoxy) is 2. The SMILES string of the molecule is COc1cc(N)c(Cl)cc1C(=O)NCC1CCN(CCCCCOCc2ccccc2)CC1. The number of nitrogens with zero attached hydrogens (tertiary/aromatic N) is 1. The van der Waals surface area contributed by atoms with Gasteiger partial charge in [0.05, 0.1) is 30.0 Å². The lowest BCUT2D eigenvalue weighted by Gasteiger charge is -2.32. The van der Waals surface area contributed by atoms with Crippen molar-refractivity contribution < 1.29 is 14.3 Å². The molecule has 1 fully saturated rings. The van der Waals surface area contributed by atoms with Crippen LogP contribution >= 0.6 is 11.6 Å². The van der Waals surface area contributed by atoms with Gasteiger partial charge in [-0.15, -0.1) is 0 Å². The van der Waals surface area contributed by atoms with E-state index in [9.17, 15) is 4.79 Å². The molecule has 0 radical (unpaired) electrons. The second kappa shape index (κ2) is 13.4. The lowest BCUT2D eigenvalue weighted by molar-refractivity contribution is 0.0932. The van der Waals surface area contributed by atoms with E-state index in [-0.39, 0.29) is 5.91 Å². The predicted octanol–water partition coefficient (Wildman–Crippen LogP) is 4.76. The van der Waals surface area contributed by atoms with Crippen molar-refractivity contribution in [1.82, 2.24) is 10.2 Å². The minimum absolute atomic E-state index is 0.175. The molecule has 1 heterocycles. The number of unbranched alkanes of at least 4 members (excludes halogenated alkanes) is 2. The number of likely N-dealkylation sites (tertiary alicyclic amines) is 1. The number of carbonyl (C=O) groups is 1. The number of rotatable bonds is 12. The van der Waals surface area contributed by atoms with E-state index in [4.69, 9.17) is 26.8 Å². The molecule has 3 N–H and O–H groups in total. The third kappa shape index (κ3) is 8.22. The molecule has 180 valence electrons. The van der Waals surface area contributed by atoms with Gasteiger partial charge in [0.15, 0.2) is 0 Å². The van der Waals surface area contributed by atoms with Crippen LogP contribution in [-0.2, 0) is 11.3 Å². The Morgan fingerprint density at radius 3 is 2.64 bits per heavy atom. The maximum absolute atomic E-state index is 12.6. The molecule has 1 aliphatic heterocycles. The van der Waals surface area contributed by atoms with Gasteiger partial charge in [0, 0.05) is 19.2 Å². The minimum atomic E-state index is -0.175. The highest BCUT2D eigenvalue weighted by Crippen LogP contribution is 2.29. The highest BCUT2D eigenvalue weighted by molar-refractivity contribution is 6.33. The summed E-state index contributed by atoms with van der Waals surface area (Å²) in [4.78, 5) is 15.1. The second-order valence-corrected chi connectivity index (χ2v) is 9.08. The van der Waals surface area contributed by atoms with Gasteiger partial charge in [0.25, 0.3) is 5.91 Å². The number of nitrogens with one attached hydrogen (secondary N) is 1. The zero-order valence-electron chi connectivity index (χ0n) is 19.5. The standard InChI is InChI=1S/C26H36ClN3O3/c1-32-25-17-24(28)23(27)16-22(25)26(31)29-18-20-10-13-30(14-11-20)12-6-3-7-15-33-19-21-8-4-2-5-9-21/h2,4-5,8-9,16-17,20H,3,6-7,10-15,18-19,28H2,1H3,(H,29,31). The van der Waals surface area contributed by atoms with E-state index in [2.05, 4.69) is 22.3 Å². The number of hydrogen-bond acceptors (Lipinski definition) is 5. The fourth-order valence-corrected chi connectivity index (χ4v) is 4.31. The van der Waals surface area contributed by atoms with E-state index in [0.717, 1.165) is 45.5 Å². The fourth-order valence-electron chi connectivity index (χ4n) is 4.14. The number of hydrogen-bond donors (Lipinski definition) is 2. The van der Waals surface area contributed by atoms with Gasteiger partial charge in [-0.2, -0.15) is 0 Å². The van der Waals surface area contributed by atoms with Gasteiger partial charge in [0.1, 0.15) is 5.75 Å². The first-order chi connectivity index (χ1) is 16.1. The fraction of sp³-hybridized carbons (Fsp3) is 0.500. The molecular formula is C26H36ClN3O3. The van der Waals surface area contributed by atoms with Crippen LogP contribution in [0.15, 0.2) is 42.5 Å². The van der Waals surface area contributed by atoms with Crippen molar-refractivity contribution in [2.75, 3.05) is 45.6 Å². The number of benzene rings is 2. The number of amides is 1. The van der Waals surface area contributed by atoms with Crippen molar-refractivity contribution in [3.8, 4) is 5.75 Å². The van der Waals surface area contributed by atoms with Crippen LogP contribution in [0.25, 0.3) is 0 Å². The molecule has 0 spiro atoms. The molecule has 2 aromatic rings. The average Bonchev–Trinajstić information content (AvgIpc) is 2.84. The third-order valence-electron chi connectivity index (χ3n) is 6.20. The van der Waals surface area contributed by atoms with Crippen LogP contribution in [0.5, 0.6) is 5.75 Å². The van der Waals surface area contributed by atoms with Crippen LogP contribution in [0.1, 0.15) is 48.0 Å². The lowest BCUT2D eigenvalue weighted by atomic mass is 9.96. The van der Waals surface area contributed by atoms with E-state index in [1.54, 1.807) is 12.1 Å². The first kappa shape index (κ1) is 25.3. The Labute approximate surface area is 202 Å². The highest BCUT2D eigenvalue weighted by Gasteiger charge is 2.21. The molecular weight excluding hydrogens is 438 g/mol. The first-order valence-electron chi connectivity index (χ1n) is 11.8. The molecule has 2 aromatic carbocycles. The van der Waals surface area contributed by atoms with Crippen LogP contribution in [0, 0.1) is 5.92 Å². The van der Waals surface area contributed by atoms with Gasteiger partial charge in [0.2, 0.25) is 0 Å². The summed E-state index contributed by atoms with van der Waals surface area (Å²) in [5.74, 6) is 0.757. The van der Waals surface area contributed by atoms with Crippen molar-refractivity contribution in [2.24, 2.45) is 5.92 Å². The Balaban J connectivity index is 1.26. The summed E-state index contributed by atoms with van der Waals surface area (Å²) in [7, 11) is 1.52. The number of methoxy groups -OCH3 is 1. The van der Waals surface area contributed by atoms with Crippen LogP contribution in [0.4, 0.5) is 5.69 Å². The van der Waals surface area contributed by atoms with Gasteiger partial charge in [-0.1, -0.05) is 41.9 Å². The molecule has 1 saturated heterocycles. The Bertz CT molecular complexity index is 871. The molecule has 33 heavy (non-hydrogen) atoms. The van der Waals surface area contributed by atoms with Crippen molar-refractivity contribution in [3.63, 3.8) is 0 Å². The Morgan fingerprint density at radius 2 is 1.91 bits per heavy atom. The summed E-state index contributed by atoms with van der Waals surface area (Å²) in [5, 5.41) is 3.40. The number of carbonyl (C=O) groups excluding carboxylic acids is 1. The molecule has 7 heteroatoms. The largest absolute Gasteiger partial charge is 0.496 e. The summed E-state index contributed by atoms with van der Waals surface area (Å²) in [6.07, 6.45) is 5.69. The first-order valence-corrected chi connectivity index (χ1v) is 12.2. The highest BCUT2D eigenvalue weighted by atomic mass is 35.5. The van der Waals surface area contributed by atoms with E-state index in [0.29, 0.717) is 41.1 Å². The van der Waals surface area contributed by atoms with Crippen molar-refractivity contribution >= 4 is 23.2 Å². The quantitative estimate of drug-likeness (QED) is 0.343. The van der Waals surface area contributed by atoms with Crippen LogP contribution in [0.2, 0.25) is 5.02 Å². The Hall–Kier alpha value is -2.28. The van der Waals surface area contributed by atoms with Crippen LogP contribution < -0.4 is 15.8 Å².